The summed E-state index contributed by atoms with van der Waals surface area (Å²) in [7, 11) is -3.72. The molecular weight excluding hydrogens is 610 g/mol. The van der Waals surface area contributed by atoms with Crippen molar-refractivity contribution < 1.29 is 22.6 Å². The van der Waals surface area contributed by atoms with Gasteiger partial charge in [-0.1, -0.05) is 41.1 Å². The molecule has 2 aromatic carbocycles. The zero-order valence-corrected chi connectivity index (χ0v) is 24.2. The minimum atomic E-state index is -3.72. The summed E-state index contributed by atoms with van der Waals surface area (Å²) in [6.07, 6.45) is 2.54. The van der Waals surface area contributed by atoms with E-state index in [2.05, 4.69) is 26.0 Å². The summed E-state index contributed by atoms with van der Waals surface area (Å²) < 4.78 is 34.4. The minimum Gasteiger partial charge on any atom is -0.400 e. The van der Waals surface area contributed by atoms with Crippen molar-refractivity contribution in [3.63, 3.8) is 0 Å². The highest BCUT2D eigenvalue weighted by atomic mass is 79.9. The van der Waals surface area contributed by atoms with Crippen LogP contribution in [0.2, 0.25) is 0 Å². The quantitative estimate of drug-likeness (QED) is 0.111. The highest BCUT2D eigenvalue weighted by Crippen LogP contribution is 2.32. The van der Waals surface area contributed by atoms with Crippen molar-refractivity contribution in [2.45, 2.75) is 31.6 Å². The Kier molecular flexibility index (Phi) is 8.90. The number of carbonyl (C=O) groups is 1. The monoisotopic (exact) mass is 633 g/mol. The first-order valence-electron chi connectivity index (χ1n) is 11.9. The fourth-order valence-corrected chi connectivity index (χ4v) is 6.78. The van der Waals surface area contributed by atoms with Crippen LogP contribution in [0.15, 0.2) is 73.5 Å². The molecule has 0 aliphatic rings. The van der Waals surface area contributed by atoms with E-state index >= 15 is 0 Å². The molecule has 0 radical (unpaired) electrons. The maximum absolute atomic E-state index is 13.6. The van der Waals surface area contributed by atoms with Crippen LogP contribution in [0.25, 0.3) is 10.2 Å². The molecule has 14 heteroatoms. The van der Waals surface area contributed by atoms with Crippen molar-refractivity contribution in [1.82, 2.24) is 9.29 Å². The molecule has 0 fully saturated rings. The van der Waals surface area contributed by atoms with Crippen molar-refractivity contribution in [3.8, 4) is 0 Å². The Labute approximate surface area is 237 Å². The van der Waals surface area contributed by atoms with E-state index in [-0.39, 0.29) is 21.4 Å². The van der Waals surface area contributed by atoms with E-state index in [4.69, 9.17) is 4.42 Å². The van der Waals surface area contributed by atoms with Crippen LogP contribution >= 0.6 is 27.3 Å². The predicted molar refractivity (Wildman–Crippen MR) is 153 cm³/mol. The number of aromatic nitrogens is 1. The van der Waals surface area contributed by atoms with Crippen LogP contribution in [0, 0.1) is 10.1 Å². The number of rotatable bonds is 11. The van der Waals surface area contributed by atoms with Gasteiger partial charge in [0.05, 0.1) is 27.4 Å². The number of halogens is 1. The molecule has 0 saturated heterocycles. The van der Waals surface area contributed by atoms with Gasteiger partial charge in [0.15, 0.2) is 5.76 Å². The van der Waals surface area contributed by atoms with Gasteiger partial charge in [0.2, 0.25) is 15.2 Å². The second-order valence-electron chi connectivity index (χ2n) is 8.33. The van der Waals surface area contributed by atoms with Gasteiger partial charge in [-0.2, -0.15) is 14.4 Å². The lowest BCUT2D eigenvalue weighted by atomic mass is 10.2. The number of amides is 1. The first kappa shape index (κ1) is 28.5. The Morgan fingerprint density at radius 3 is 2.44 bits per heavy atom. The van der Waals surface area contributed by atoms with Gasteiger partial charge in [-0.25, -0.2) is 13.4 Å². The van der Waals surface area contributed by atoms with Crippen LogP contribution in [0.1, 0.15) is 42.8 Å². The van der Waals surface area contributed by atoms with Gasteiger partial charge in [0, 0.05) is 23.1 Å². The van der Waals surface area contributed by atoms with Gasteiger partial charge in [0.1, 0.15) is 4.92 Å². The summed E-state index contributed by atoms with van der Waals surface area (Å²) in [5.74, 6) is -0.971. The van der Waals surface area contributed by atoms with Crippen molar-refractivity contribution in [2.24, 2.45) is 5.10 Å². The first-order chi connectivity index (χ1) is 18.6. The fraction of sp³-hybridized carbons (Fsp3) is 0.240. The standard InChI is InChI=1S/C25H24BrN5O6S2/c1-3-13-29(14-4-2)39(35,36)20-9-5-17(6-10-20)24(32)30(27-16-19-8-12-23(37-19)31(33)34)25-28-21-11-7-18(26)15-22(21)38-25/h5-12,15-16H,3-4,13-14H2,1-2H3/b27-16+. The number of anilines is 1. The van der Waals surface area contributed by atoms with Gasteiger partial charge in [-0.05, 0) is 61.4 Å². The average molecular weight is 635 g/mol. The first-order valence-corrected chi connectivity index (χ1v) is 15.0. The lowest BCUT2D eigenvalue weighted by molar-refractivity contribution is -0.402. The average Bonchev–Trinajstić information content (AvgIpc) is 3.56. The zero-order valence-electron chi connectivity index (χ0n) is 21.0. The molecule has 0 atom stereocenters. The van der Waals surface area contributed by atoms with Crippen molar-refractivity contribution >= 4 is 70.6 Å². The maximum atomic E-state index is 13.6. The fourth-order valence-electron chi connectivity index (χ4n) is 3.68. The van der Waals surface area contributed by atoms with Crippen LogP contribution in [0.3, 0.4) is 0 Å². The molecule has 2 heterocycles. The third kappa shape index (κ3) is 6.41. The van der Waals surface area contributed by atoms with Gasteiger partial charge in [-0.15, -0.1) is 0 Å². The summed E-state index contributed by atoms with van der Waals surface area (Å²) >= 11 is 4.64. The van der Waals surface area contributed by atoms with Gasteiger partial charge >= 0.3 is 5.88 Å². The van der Waals surface area contributed by atoms with E-state index in [0.717, 1.165) is 14.2 Å². The van der Waals surface area contributed by atoms with E-state index in [1.54, 1.807) is 6.07 Å². The summed E-state index contributed by atoms with van der Waals surface area (Å²) in [4.78, 5) is 28.5. The number of carbonyl (C=O) groups excluding carboxylic acids is 1. The summed E-state index contributed by atoms with van der Waals surface area (Å²) in [6, 6.07) is 13.7. The number of nitro groups is 1. The number of hydrogen-bond acceptors (Lipinski definition) is 9. The van der Waals surface area contributed by atoms with E-state index in [0.29, 0.717) is 31.4 Å². The Morgan fingerprint density at radius 1 is 1.13 bits per heavy atom. The van der Waals surface area contributed by atoms with Gasteiger partial charge in [-0.3, -0.25) is 14.9 Å². The van der Waals surface area contributed by atoms with Crippen LogP contribution < -0.4 is 5.01 Å². The normalized spacial score (nSPS) is 12.0. The Hall–Kier alpha value is -3.46. The van der Waals surface area contributed by atoms with Crippen LogP contribution in [-0.4, -0.2) is 47.8 Å². The van der Waals surface area contributed by atoms with Crippen LogP contribution in [0.5, 0.6) is 0 Å². The molecule has 39 heavy (non-hydrogen) atoms. The summed E-state index contributed by atoms with van der Waals surface area (Å²) in [5, 5.41) is 16.5. The molecule has 0 aliphatic carbocycles. The minimum absolute atomic E-state index is 0.0664. The number of hydrogen-bond donors (Lipinski definition) is 0. The lowest BCUT2D eigenvalue weighted by Gasteiger charge is -2.21. The summed E-state index contributed by atoms with van der Waals surface area (Å²) in [6.45, 7) is 4.63. The zero-order chi connectivity index (χ0) is 28.2. The molecule has 4 rings (SSSR count). The largest absolute Gasteiger partial charge is 0.433 e. The number of nitrogens with zero attached hydrogens (tertiary/aromatic N) is 5. The molecule has 2 aromatic heterocycles. The maximum Gasteiger partial charge on any atom is 0.433 e. The number of furan rings is 1. The number of sulfonamides is 1. The molecule has 4 aromatic rings. The van der Waals surface area contributed by atoms with E-state index in [9.17, 15) is 23.3 Å². The van der Waals surface area contributed by atoms with Crippen molar-refractivity contribution in [3.05, 3.63) is 80.5 Å². The second-order valence-corrected chi connectivity index (χ2v) is 12.2. The second kappa shape index (κ2) is 12.2. The van der Waals surface area contributed by atoms with Crippen molar-refractivity contribution in [2.75, 3.05) is 18.1 Å². The molecule has 11 nitrogen and oxygen atoms in total. The third-order valence-corrected chi connectivity index (χ3v) is 8.89. The molecule has 0 bridgehead atoms. The molecular formula is C25H24BrN5O6S2. The van der Waals surface area contributed by atoms with Gasteiger partial charge in [0.25, 0.3) is 5.91 Å². The molecule has 0 spiro atoms. The molecule has 204 valence electrons. The SMILES string of the molecule is CCCN(CCC)S(=O)(=O)c1ccc(C(=O)N(/N=C/c2ccc([N+](=O)[O-])o2)c2nc3ccc(Br)cc3s2)cc1. The highest BCUT2D eigenvalue weighted by molar-refractivity contribution is 9.10. The van der Waals surface area contributed by atoms with E-state index in [1.807, 2.05) is 26.0 Å². The van der Waals surface area contributed by atoms with Crippen molar-refractivity contribution in [1.29, 1.82) is 0 Å². The molecule has 0 unspecified atom stereocenters. The molecule has 0 saturated carbocycles. The predicted octanol–water partition coefficient (Wildman–Crippen LogP) is 6.05. The molecule has 0 N–H and O–H groups in total. The number of thiazole rings is 1. The third-order valence-electron chi connectivity index (χ3n) is 5.49. The molecule has 1 amide bonds. The Balaban J connectivity index is 1.69. The Morgan fingerprint density at radius 2 is 1.82 bits per heavy atom. The van der Waals surface area contributed by atoms with E-state index in [1.165, 1.54) is 58.3 Å². The number of fused-ring (bicyclic) bond motifs is 1. The number of hydrazone groups is 1. The Bertz CT molecular complexity index is 1630. The van der Waals surface area contributed by atoms with Crippen LogP contribution in [0.4, 0.5) is 11.0 Å². The van der Waals surface area contributed by atoms with E-state index < -0.39 is 26.7 Å². The summed E-state index contributed by atoms with van der Waals surface area (Å²) in [5.41, 5.74) is 0.822. The highest BCUT2D eigenvalue weighted by Gasteiger charge is 2.25. The smallest absolute Gasteiger partial charge is 0.400 e. The van der Waals surface area contributed by atoms with Crippen LogP contribution in [-0.2, 0) is 10.0 Å². The molecule has 0 aliphatic heterocycles. The lowest BCUT2D eigenvalue weighted by Crippen LogP contribution is -2.32. The number of benzene rings is 2. The van der Waals surface area contributed by atoms with Gasteiger partial charge < -0.3 is 4.42 Å². The topological polar surface area (TPSA) is 139 Å².